The predicted molar refractivity (Wildman–Crippen MR) is 99.6 cm³/mol. The van der Waals surface area contributed by atoms with Crippen molar-refractivity contribution in [1.29, 1.82) is 0 Å². The summed E-state index contributed by atoms with van der Waals surface area (Å²) in [7, 11) is 0. The first-order valence-corrected chi connectivity index (χ1v) is 9.10. The zero-order chi connectivity index (χ0) is 18.7. The average Bonchev–Trinajstić information content (AvgIpc) is 3.00. The number of aromatic nitrogens is 1. The molecule has 6 heteroatoms. The van der Waals surface area contributed by atoms with Crippen LogP contribution >= 0.6 is 0 Å². The fourth-order valence-corrected chi connectivity index (χ4v) is 3.65. The molecule has 1 aliphatic heterocycles. The van der Waals surface area contributed by atoms with Gasteiger partial charge in [0, 0.05) is 6.07 Å². The SMILES string of the molecule is Cc1cc(NC(=O)C(c2ccccc2)N2CCC(C(C)(C)O)CC2)no1. The molecular formula is C20H27N3O3. The van der Waals surface area contributed by atoms with Gasteiger partial charge < -0.3 is 14.9 Å². The lowest BCUT2D eigenvalue weighted by Gasteiger charge is -2.40. The Hall–Kier alpha value is -2.18. The Bertz CT molecular complexity index is 728. The van der Waals surface area contributed by atoms with Crippen LogP contribution in [0.4, 0.5) is 5.82 Å². The second kappa shape index (κ2) is 7.60. The number of carbonyl (C=O) groups is 1. The Balaban J connectivity index is 1.77. The van der Waals surface area contributed by atoms with Gasteiger partial charge in [0.15, 0.2) is 5.82 Å². The van der Waals surface area contributed by atoms with Crippen molar-refractivity contribution in [1.82, 2.24) is 10.1 Å². The number of rotatable bonds is 5. The minimum Gasteiger partial charge on any atom is -0.390 e. The molecule has 3 rings (SSSR count). The molecule has 1 aromatic heterocycles. The predicted octanol–water partition coefficient (Wildman–Crippen LogP) is 3.15. The number of carbonyl (C=O) groups excluding carboxylic acids is 1. The molecule has 1 aliphatic rings. The van der Waals surface area contributed by atoms with E-state index in [9.17, 15) is 9.90 Å². The van der Waals surface area contributed by atoms with Crippen molar-refractivity contribution in [3.63, 3.8) is 0 Å². The zero-order valence-electron chi connectivity index (χ0n) is 15.6. The molecule has 0 radical (unpaired) electrons. The van der Waals surface area contributed by atoms with Gasteiger partial charge in [0.05, 0.1) is 5.60 Å². The van der Waals surface area contributed by atoms with Crippen molar-refractivity contribution in [2.24, 2.45) is 5.92 Å². The summed E-state index contributed by atoms with van der Waals surface area (Å²) in [6.07, 6.45) is 1.73. The molecule has 1 atom stereocenters. The zero-order valence-corrected chi connectivity index (χ0v) is 15.6. The van der Waals surface area contributed by atoms with Crippen molar-refractivity contribution in [2.45, 2.75) is 45.3 Å². The fraction of sp³-hybridized carbons (Fsp3) is 0.500. The normalized spacial score (nSPS) is 17.8. The maximum Gasteiger partial charge on any atom is 0.247 e. The van der Waals surface area contributed by atoms with Crippen molar-refractivity contribution >= 4 is 11.7 Å². The first kappa shape index (κ1) is 18.6. The van der Waals surface area contributed by atoms with E-state index in [0.717, 1.165) is 31.5 Å². The van der Waals surface area contributed by atoms with Crippen LogP contribution in [0.1, 0.15) is 44.1 Å². The third-order valence-corrected chi connectivity index (χ3v) is 5.14. The van der Waals surface area contributed by atoms with E-state index in [4.69, 9.17) is 4.52 Å². The lowest BCUT2D eigenvalue weighted by molar-refractivity contribution is -0.122. The molecule has 0 bridgehead atoms. The van der Waals surface area contributed by atoms with Crippen LogP contribution in [0.3, 0.4) is 0 Å². The van der Waals surface area contributed by atoms with Gasteiger partial charge in [-0.3, -0.25) is 9.69 Å². The highest BCUT2D eigenvalue weighted by Gasteiger charge is 2.35. The van der Waals surface area contributed by atoms with Gasteiger partial charge in [-0.15, -0.1) is 0 Å². The number of aliphatic hydroxyl groups is 1. The topological polar surface area (TPSA) is 78.6 Å². The Labute approximate surface area is 154 Å². The van der Waals surface area contributed by atoms with Crippen LogP contribution in [0.25, 0.3) is 0 Å². The lowest BCUT2D eigenvalue weighted by Crippen LogP contribution is -2.46. The molecule has 140 valence electrons. The number of amides is 1. The number of aryl methyl sites for hydroxylation is 1. The molecule has 6 nitrogen and oxygen atoms in total. The van der Waals surface area contributed by atoms with E-state index in [1.54, 1.807) is 13.0 Å². The summed E-state index contributed by atoms with van der Waals surface area (Å²) in [5, 5.41) is 17.0. The smallest absolute Gasteiger partial charge is 0.247 e. The average molecular weight is 357 g/mol. The highest BCUT2D eigenvalue weighted by atomic mass is 16.5. The van der Waals surface area contributed by atoms with Crippen LogP contribution in [0.5, 0.6) is 0 Å². The summed E-state index contributed by atoms with van der Waals surface area (Å²) < 4.78 is 5.04. The second-order valence-electron chi connectivity index (χ2n) is 7.59. The van der Waals surface area contributed by atoms with E-state index >= 15 is 0 Å². The van der Waals surface area contributed by atoms with E-state index in [1.807, 2.05) is 44.2 Å². The largest absolute Gasteiger partial charge is 0.390 e. The van der Waals surface area contributed by atoms with E-state index in [-0.39, 0.29) is 11.8 Å². The highest BCUT2D eigenvalue weighted by Crippen LogP contribution is 2.32. The molecule has 1 amide bonds. The van der Waals surface area contributed by atoms with Gasteiger partial charge in [-0.25, -0.2) is 0 Å². The van der Waals surface area contributed by atoms with Gasteiger partial charge in [-0.1, -0.05) is 35.5 Å². The number of hydrogen-bond donors (Lipinski definition) is 2. The van der Waals surface area contributed by atoms with Gasteiger partial charge in [0.2, 0.25) is 5.91 Å². The standard InChI is InChI=1S/C20H27N3O3/c1-14-13-17(22-26-14)21-19(24)18(15-7-5-4-6-8-15)23-11-9-16(10-12-23)20(2,3)25/h4-8,13,16,18,25H,9-12H2,1-3H3,(H,21,22,24). The quantitative estimate of drug-likeness (QED) is 0.859. The van der Waals surface area contributed by atoms with Gasteiger partial charge in [0.1, 0.15) is 11.8 Å². The molecule has 1 saturated heterocycles. The maximum absolute atomic E-state index is 13.0. The summed E-state index contributed by atoms with van der Waals surface area (Å²) in [5.74, 6) is 1.21. The maximum atomic E-state index is 13.0. The third kappa shape index (κ3) is 4.31. The number of nitrogens with zero attached hydrogens (tertiary/aromatic N) is 2. The van der Waals surface area contributed by atoms with Crippen LogP contribution in [0.15, 0.2) is 40.9 Å². The molecule has 1 fully saturated rings. The number of benzene rings is 1. The summed E-state index contributed by atoms with van der Waals surface area (Å²) >= 11 is 0. The third-order valence-electron chi connectivity index (χ3n) is 5.14. The van der Waals surface area contributed by atoms with Crippen LogP contribution < -0.4 is 5.32 Å². The van der Waals surface area contributed by atoms with Gasteiger partial charge in [-0.05, 0) is 58.2 Å². The molecule has 0 saturated carbocycles. The van der Waals surface area contributed by atoms with Gasteiger partial charge in [-0.2, -0.15) is 0 Å². The van der Waals surface area contributed by atoms with E-state index in [2.05, 4.69) is 15.4 Å². The van der Waals surface area contributed by atoms with Crippen molar-refractivity contribution in [3.8, 4) is 0 Å². The molecule has 0 spiro atoms. The Morgan fingerprint density at radius 2 is 1.96 bits per heavy atom. The van der Waals surface area contributed by atoms with Crippen LogP contribution in [0.2, 0.25) is 0 Å². The molecule has 2 heterocycles. The Morgan fingerprint density at radius 3 is 2.50 bits per heavy atom. The number of piperidine rings is 1. The fourth-order valence-electron chi connectivity index (χ4n) is 3.65. The second-order valence-corrected chi connectivity index (χ2v) is 7.59. The van der Waals surface area contributed by atoms with E-state index in [0.29, 0.717) is 11.6 Å². The summed E-state index contributed by atoms with van der Waals surface area (Å²) in [6, 6.07) is 11.1. The first-order valence-electron chi connectivity index (χ1n) is 9.10. The van der Waals surface area contributed by atoms with Gasteiger partial charge >= 0.3 is 0 Å². The molecule has 1 aromatic carbocycles. The molecule has 0 aliphatic carbocycles. The Morgan fingerprint density at radius 1 is 1.31 bits per heavy atom. The van der Waals surface area contributed by atoms with Crippen molar-refractivity contribution in [2.75, 3.05) is 18.4 Å². The van der Waals surface area contributed by atoms with Crippen LogP contribution in [-0.4, -0.2) is 39.8 Å². The molecule has 2 aromatic rings. The number of likely N-dealkylation sites (tertiary alicyclic amines) is 1. The van der Waals surface area contributed by atoms with E-state index < -0.39 is 11.6 Å². The number of hydrogen-bond acceptors (Lipinski definition) is 5. The number of anilines is 1. The first-order chi connectivity index (χ1) is 12.3. The van der Waals surface area contributed by atoms with Crippen molar-refractivity contribution in [3.05, 3.63) is 47.7 Å². The summed E-state index contributed by atoms with van der Waals surface area (Å²) in [5.41, 5.74) is 0.265. The highest BCUT2D eigenvalue weighted by molar-refractivity contribution is 5.94. The van der Waals surface area contributed by atoms with Crippen LogP contribution in [-0.2, 0) is 4.79 Å². The summed E-state index contributed by atoms with van der Waals surface area (Å²) in [4.78, 5) is 15.2. The lowest BCUT2D eigenvalue weighted by atomic mass is 9.82. The van der Waals surface area contributed by atoms with E-state index in [1.165, 1.54) is 0 Å². The minimum absolute atomic E-state index is 0.119. The number of nitrogens with one attached hydrogen (secondary N) is 1. The minimum atomic E-state index is -0.686. The summed E-state index contributed by atoms with van der Waals surface area (Å²) in [6.45, 7) is 7.04. The Kier molecular flexibility index (Phi) is 5.44. The van der Waals surface area contributed by atoms with Crippen LogP contribution in [0, 0.1) is 12.8 Å². The molecule has 26 heavy (non-hydrogen) atoms. The molecule has 1 unspecified atom stereocenters. The molecular weight excluding hydrogens is 330 g/mol. The van der Waals surface area contributed by atoms with Gasteiger partial charge in [0.25, 0.3) is 0 Å². The van der Waals surface area contributed by atoms with Crippen molar-refractivity contribution < 1.29 is 14.4 Å². The molecule has 2 N–H and O–H groups in total. The monoisotopic (exact) mass is 357 g/mol.